The predicted octanol–water partition coefficient (Wildman–Crippen LogP) is 3.57. The topological polar surface area (TPSA) is 230 Å². The van der Waals surface area contributed by atoms with Gasteiger partial charge in [0.25, 0.3) is 11.4 Å². The lowest BCUT2D eigenvalue weighted by Gasteiger charge is -2.46. The summed E-state index contributed by atoms with van der Waals surface area (Å²) in [6, 6.07) is 9.69. The minimum Gasteiger partial charge on any atom is -0.456 e. The molecule has 0 saturated carbocycles. The third-order valence-corrected chi connectivity index (χ3v) is 11.1. The first-order valence-corrected chi connectivity index (χ1v) is 17.9. The van der Waals surface area contributed by atoms with Crippen molar-refractivity contribution in [3.63, 3.8) is 0 Å². The van der Waals surface area contributed by atoms with Crippen LogP contribution in [0.25, 0.3) is 0 Å². The summed E-state index contributed by atoms with van der Waals surface area (Å²) in [5.74, 6) is -2.93. The number of hydrogen-bond donors (Lipinski definition) is 3. The van der Waals surface area contributed by atoms with Crippen molar-refractivity contribution in [1.29, 1.82) is 0 Å². The number of carbonyl (C=O) groups is 4. The molecule has 53 heavy (non-hydrogen) atoms. The first-order valence-electron chi connectivity index (χ1n) is 17.1. The van der Waals surface area contributed by atoms with Crippen LogP contribution >= 0.6 is 11.8 Å². The molecule has 2 saturated heterocycles. The lowest BCUT2D eigenvalue weighted by atomic mass is 9.79. The van der Waals surface area contributed by atoms with E-state index in [0.29, 0.717) is 29.1 Å². The Labute approximate surface area is 308 Å². The van der Waals surface area contributed by atoms with Gasteiger partial charge in [-0.15, -0.1) is 11.8 Å². The van der Waals surface area contributed by atoms with Crippen LogP contribution in [0.4, 0.5) is 16.2 Å². The fourth-order valence-corrected chi connectivity index (χ4v) is 8.11. The molecule has 3 aliphatic heterocycles. The number of nitro benzene ring substituents is 2. The van der Waals surface area contributed by atoms with E-state index < -0.39 is 58.0 Å². The fourth-order valence-electron chi connectivity index (χ4n) is 6.59. The molecule has 3 N–H and O–H groups in total. The smallest absolute Gasteiger partial charge is 0.408 e. The second-order valence-corrected chi connectivity index (χ2v) is 14.7. The summed E-state index contributed by atoms with van der Waals surface area (Å²) in [5, 5.41) is 37.5. The van der Waals surface area contributed by atoms with Crippen LogP contribution in [0, 0.1) is 38.0 Å². The second-order valence-electron chi connectivity index (χ2n) is 13.4. The van der Waals surface area contributed by atoms with Crippen molar-refractivity contribution >= 4 is 47.0 Å². The molecule has 0 unspecified atom stereocenters. The van der Waals surface area contributed by atoms with Gasteiger partial charge in [-0.3, -0.25) is 29.8 Å². The number of non-ortho nitro benzene ring substituents is 2. The van der Waals surface area contributed by atoms with Crippen LogP contribution in [0.3, 0.4) is 0 Å². The van der Waals surface area contributed by atoms with Gasteiger partial charge in [-0.25, -0.2) is 9.59 Å². The number of carbonyl (C=O) groups excluding carboxylic acids is 4. The Balaban J connectivity index is 1.22. The predicted molar refractivity (Wildman–Crippen MR) is 189 cm³/mol. The monoisotopic (exact) mass is 755 g/mol. The third-order valence-electron chi connectivity index (χ3n) is 9.46. The van der Waals surface area contributed by atoms with Crippen molar-refractivity contribution in [2.45, 2.75) is 76.9 Å². The number of β-lactam (4-membered cyclic amide) rings is 1. The average molecular weight is 756 g/mol. The molecule has 7 atom stereocenters. The van der Waals surface area contributed by atoms with E-state index in [1.165, 1.54) is 72.1 Å². The first kappa shape index (κ1) is 39.1. The van der Waals surface area contributed by atoms with Crippen molar-refractivity contribution in [2.75, 3.05) is 13.2 Å². The van der Waals surface area contributed by atoms with Gasteiger partial charge in [-0.05, 0) is 54.7 Å². The quantitative estimate of drug-likeness (QED) is 0.102. The Bertz CT molecular complexity index is 1770. The molecule has 0 spiro atoms. The van der Waals surface area contributed by atoms with Gasteiger partial charge >= 0.3 is 12.1 Å². The van der Waals surface area contributed by atoms with Crippen LogP contribution in [0.2, 0.25) is 0 Å². The standard InChI is InChI=1S/C35H41N5O12S/c1-18(2)28(37-35(45)52-17-22-7-11-24(12-8-22)40(48)49)32(42)36-15-25-26(13-14-50-25)53-31-19(3)29-27(20(4)41)33(43)38(29)30(31)34(44)51-16-21-5-9-23(10-6-21)39(46)47/h5-12,18-20,25-29,41H,13-17H2,1-4H3,(H,36,42)(H,37,45)/t19-,20-,25-,26-,27-,28+,29-/m1/s1. The summed E-state index contributed by atoms with van der Waals surface area (Å²) < 4.78 is 16.8. The number of thioether (sulfide) groups is 1. The number of benzene rings is 2. The van der Waals surface area contributed by atoms with Gasteiger partial charge in [-0.1, -0.05) is 20.8 Å². The Morgan fingerprint density at radius 2 is 1.55 bits per heavy atom. The summed E-state index contributed by atoms with van der Waals surface area (Å²) in [6.45, 7) is 7.05. The number of alkyl carbamates (subject to hydrolysis) is 1. The molecule has 0 radical (unpaired) electrons. The highest BCUT2D eigenvalue weighted by molar-refractivity contribution is 8.03. The number of hydrogen-bond acceptors (Lipinski definition) is 13. The minimum absolute atomic E-state index is 0.0855. The van der Waals surface area contributed by atoms with E-state index in [1.54, 1.807) is 13.8 Å². The van der Waals surface area contributed by atoms with Gasteiger partial charge in [0.1, 0.15) is 25.0 Å². The molecule has 0 aliphatic carbocycles. The maximum Gasteiger partial charge on any atom is 0.408 e. The Hall–Kier alpha value is -5.07. The number of aliphatic hydroxyl groups is 1. The van der Waals surface area contributed by atoms with Crippen LogP contribution in [0.1, 0.15) is 45.2 Å². The van der Waals surface area contributed by atoms with Crippen LogP contribution in [-0.4, -0.2) is 86.4 Å². The molecule has 2 aromatic carbocycles. The number of amides is 3. The van der Waals surface area contributed by atoms with Gasteiger partial charge in [0, 0.05) is 53.5 Å². The SMILES string of the molecule is CC(C)[C@H](NC(=O)OCc1ccc([N+](=O)[O-])cc1)C(=O)NC[C@H]1OCC[C@H]1SC1=C(C(=O)OCc2ccc([N+](=O)[O-])cc2)N2C(=O)[C@H]([C@@H](C)O)[C@H]2[C@H]1C. The summed E-state index contributed by atoms with van der Waals surface area (Å²) >= 11 is 1.37. The maximum absolute atomic E-state index is 13.6. The molecular formula is C35H41N5O12S. The van der Waals surface area contributed by atoms with Crippen molar-refractivity contribution < 1.29 is 48.3 Å². The maximum atomic E-state index is 13.6. The molecule has 284 valence electrons. The first-order chi connectivity index (χ1) is 25.2. The zero-order valence-electron chi connectivity index (χ0n) is 29.5. The van der Waals surface area contributed by atoms with E-state index in [-0.39, 0.29) is 59.8 Å². The lowest BCUT2D eigenvalue weighted by molar-refractivity contribution is -0.385. The highest BCUT2D eigenvalue weighted by atomic mass is 32.2. The summed E-state index contributed by atoms with van der Waals surface area (Å²) in [6.07, 6.45) is -1.69. The van der Waals surface area contributed by atoms with Gasteiger partial charge < -0.3 is 34.9 Å². The molecule has 17 nitrogen and oxygen atoms in total. The molecule has 0 aromatic heterocycles. The van der Waals surface area contributed by atoms with E-state index in [4.69, 9.17) is 14.2 Å². The van der Waals surface area contributed by atoms with E-state index in [9.17, 15) is 44.5 Å². The Kier molecular flexibility index (Phi) is 12.4. The second kappa shape index (κ2) is 16.7. The Morgan fingerprint density at radius 3 is 2.08 bits per heavy atom. The van der Waals surface area contributed by atoms with E-state index >= 15 is 0 Å². The Morgan fingerprint density at radius 1 is 0.981 bits per heavy atom. The number of esters is 1. The van der Waals surface area contributed by atoms with Crippen LogP contribution in [0.5, 0.6) is 0 Å². The number of fused-ring (bicyclic) bond motifs is 1. The number of nitro groups is 2. The zero-order valence-corrected chi connectivity index (χ0v) is 30.3. The molecular weight excluding hydrogens is 714 g/mol. The fraction of sp³-hybridized carbons (Fsp3) is 0.486. The number of nitrogens with zero attached hydrogens (tertiary/aromatic N) is 3. The van der Waals surface area contributed by atoms with Crippen molar-refractivity contribution in [2.24, 2.45) is 17.8 Å². The van der Waals surface area contributed by atoms with Gasteiger partial charge in [0.05, 0.1) is 34.0 Å². The summed E-state index contributed by atoms with van der Waals surface area (Å²) in [4.78, 5) is 75.5. The minimum atomic E-state index is -0.951. The number of rotatable bonds is 15. The third kappa shape index (κ3) is 8.77. The lowest BCUT2D eigenvalue weighted by Crippen LogP contribution is -2.63. The normalized spacial score (nSPS) is 23.2. The van der Waals surface area contributed by atoms with Crippen LogP contribution in [-0.2, 0) is 41.8 Å². The van der Waals surface area contributed by atoms with Crippen molar-refractivity contribution in [3.8, 4) is 0 Å². The average Bonchev–Trinajstić information content (AvgIpc) is 3.66. The van der Waals surface area contributed by atoms with Gasteiger partial charge in [0.2, 0.25) is 11.8 Å². The van der Waals surface area contributed by atoms with Crippen LogP contribution < -0.4 is 10.6 Å². The highest BCUT2D eigenvalue weighted by Gasteiger charge is 2.60. The highest BCUT2D eigenvalue weighted by Crippen LogP contribution is 2.52. The largest absolute Gasteiger partial charge is 0.456 e. The van der Waals surface area contributed by atoms with Crippen LogP contribution in [0.15, 0.2) is 59.1 Å². The molecule has 3 amide bonds. The molecule has 2 aromatic rings. The molecule has 5 rings (SSSR count). The number of aliphatic hydroxyl groups excluding tert-OH is 1. The molecule has 3 aliphatic rings. The van der Waals surface area contributed by atoms with E-state index in [2.05, 4.69) is 10.6 Å². The number of ether oxygens (including phenoxy) is 3. The van der Waals surface area contributed by atoms with Crippen molar-refractivity contribution in [1.82, 2.24) is 15.5 Å². The molecule has 3 heterocycles. The molecule has 0 bridgehead atoms. The van der Waals surface area contributed by atoms with E-state index in [1.807, 2.05) is 6.92 Å². The number of nitrogens with one attached hydrogen (secondary N) is 2. The molecule has 2 fully saturated rings. The van der Waals surface area contributed by atoms with Gasteiger partial charge in [-0.2, -0.15) is 0 Å². The molecule has 18 heteroatoms. The van der Waals surface area contributed by atoms with Gasteiger partial charge in [0.15, 0.2) is 0 Å². The van der Waals surface area contributed by atoms with Crippen molar-refractivity contribution in [3.05, 3.63) is 90.5 Å². The summed E-state index contributed by atoms with van der Waals surface area (Å²) in [5.41, 5.74) is 0.929. The van der Waals surface area contributed by atoms with E-state index in [0.717, 1.165) is 0 Å². The zero-order chi connectivity index (χ0) is 38.6. The summed E-state index contributed by atoms with van der Waals surface area (Å²) in [7, 11) is 0.